The van der Waals surface area contributed by atoms with E-state index >= 15 is 0 Å². The van der Waals surface area contributed by atoms with Crippen LogP contribution in [0.2, 0.25) is 0 Å². The van der Waals surface area contributed by atoms with Gasteiger partial charge in [-0.3, -0.25) is 4.79 Å². The van der Waals surface area contributed by atoms with E-state index < -0.39 is 0 Å². The number of nitrogens with zero attached hydrogens (tertiary/aromatic N) is 3. The predicted octanol–water partition coefficient (Wildman–Crippen LogP) is 4.29. The summed E-state index contributed by atoms with van der Waals surface area (Å²) in [5.41, 5.74) is 1.95. The topological polar surface area (TPSA) is 59.8 Å². The average molecular weight is 431 g/mol. The Hall–Kier alpha value is -2.12. The average Bonchev–Trinajstić information content (AvgIpc) is 2.98. The number of rotatable bonds is 6. The van der Waals surface area contributed by atoms with E-state index in [1.807, 2.05) is 61.0 Å². The zero-order valence-electron chi connectivity index (χ0n) is 14.5. The van der Waals surface area contributed by atoms with E-state index in [2.05, 4.69) is 43.6 Å². The van der Waals surface area contributed by atoms with Gasteiger partial charge >= 0.3 is 0 Å². The van der Waals surface area contributed by atoms with Gasteiger partial charge < -0.3 is 9.88 Å². The summed E-state index contributed by atoms with van der Waals surface area (Å²) in [4.78, 5) is 12.4. The molecule has 26 heavy (non-hydrogen) atoms. The third-order valence-electron chi connectivity index (χ3n) is 3.89. The van der Waals surface area contributed by atoms with E-state index in [0.717, 1.165) is 21.1 Å². The van der Waals surface area contributed by atoms with Crippen molar-refractivity contribution in [2.24, 2.45) is 7.05 Å². The number of amides is 1. The predicted molar refractivity (Wildman–Crippen MR) is 108 cm³/mol. The summed E-state index contributed by atoms with van der Waals surface area (Å²) in [5.74, 6) is 0.809. The van der Waals surface area contributed by atoms with E-state index in [1.54, 1.807) is 0 Å². The lowest BCUT2D eigenvalue weighted by atomic mass is 10.1. The number of anilines is 1. The van der Waals surface area contributed by atoms with Crippen LogP contribution in [-0.4, -0.2) is 25.9 Å². The number of carbonyl (C=O) groups is 1. The maximum atomic E-state index is 12.4. The molecule has 0 spiro atoms. The Bertz CT molecular complexity index is 880. The molecule has 1 unspecified atom stereocenters. The Morgan fingerprint density at radius 1 is 1.15 bits per heavy atom. The van der Waals surface area contributed by atoms with Crippen LogP contribution in [0.4, 0.5) is 5.69 Å². The van der Waals surface area contributed by atoms with E-state index in [0.29, 0.717) is 6.42 Å². The number of carbonyl (C=O) groups excluding carboxylic acids is 1. The van der Waals surface area contributed by atoms with Crippen molar-refractivity contribution >= 4 is 39.3 Å². The Labute approximate surface area is 165 Å². The number of benzene rings is 2. The van der Waals surface area contributed by atoms with Crippen molar-refractivity contribution in [1.82, 2.24) is 14.8 Å². The molecule has 0 bridgehead atoms. The minimum absolute atomic E-state index is 0.0649. The molecular weight excluding hydrogens is 412 g/mol. The van der Waals surface area contributed by atoms with Gasteiger partial charge in [0.05, 0.1) is 5.25 Å². The standard InChI is InChI=1S/C19H19BrN4OS/c1-13(18(25)21-16-10-8-15(20)9-11-16)26-19-23-22-17(24(19)2)12-14-6-4-3-5-7-14/h3-11,13H,12H2,1-2H3,(H,21,25). The number of hydrogen-bond acceptors (Lipinski definition) is 4. The Balaban J connectivity index is 1.63. The molecule has 0 saturated heterocycles. The van der Waals surface area contributed by atoms with Crippen molar-refractivity contribution in [3.05, 3.63) is 70.5 Å². The van der Waals surface area contributed by atoms with Gasteiger partial charge in [-0.1, -0.05) is 58.0 Å². The molecule has 0 saturated carbocycles. The second-order valence-electron chi connectivity index (χ2n) is 5.88. The summed E-state index contributed by atoms with van der Waals surface area (Å²) in [5, 5.41) is 11.9. The summed E-state index contributed by atoms with van der Waals surface area (Å²) >= 11 is 4.78. The van der Waals surface area contributed by atoms with Crippen LogP contribution in [0.25, 0.3) is 0 Å². The first-order valence-electron chi connectivity index (χ1n) is 8.18. The van der Waals surface area contributed by atoms with Gasteiger partial charge in [-0.25, -0.2) is 0 Å². The first kappa shape index (κ1) is 18.7. The summed E-state index contributed by atoms with van der Waals surface area (Å²) in [7, 11) is 1.93. The smallest absolute Gasteiger partial charge is 0.237 e. The molecule has 3 aromatic rings. The minimum Gasteiger partial charge on any atom is -0.325 e. The molecule has 7 heteroatoms. The normalized spacial score (nSPS) is 12.0. The van der Waals surface area contributed by atoms with Gasteiger partial charge in [-0.05, 0) is 36.8 Å². The van der Waals surface area contributed by atoms with Gasteiger partial charge in [0.25, 0.3) is 0 Å². The molecule has 2 aromatic carbocycles. The molecule has 1 N–H and O–H groups in total. The van der Waals surface area contributed by atoms with E-state index in [4.69, 9.17) is 0 Å². The molecule has 3 rings (SSSR count). The van der Waals surface area contributed by atoms with Crippen LogP contribution in [0.5, 0.6) is 0 Å². The fraction of sp³-hybridized carbons (Fsp3) is 0.211. The lowest BCUT2D eigenvalue weighted by molar-refractivity contribution is -0.115. The zero-order valence-corrected chi connectivity index (χ0v) is 16.9. The highest BCUT2D eigenvalue weighted by atomic mass is 79.9. The monoisotopic (exact) mass is 430 g/mol. The molecular formula is C19H19BrN4OS. The van der Waals surface area contributed by atoms with Crippen molar-refractivity contribution in [2.75, 3.05) is 5.32 Å². The summed E-state index contributed by atoms with van der Waals surface area (Å²) in [6, 6.07) is 17.7. The first-order chi connectivity index (χ1) is 12.5. The third kappa shape index (κ3) is 4.74. The summed E-state index contributed by atoms with van der Waals surface area (Å²) < 4.78 is 2.92. The number of thioether (sulfide) groups is 1. The highest BCUT2D eigenvalue weighted by molar-refractivity contribution is 9.10. The summed E-state index contributed by atoms with van der Waals surface area (Å²) in [6.45, 7) is 1.87. The number of halogens is 1. The molecule has 134 valence electrons. The third-order valence-corrected chi connectivity index (χ3v) is 5.56. The summed E-state index contributed by atoms with van der Waals surface area (Å²) in [6.07, 6.45) is 0.713. The van der Waals surface area contributed by atoms with Gasteiger partial charge in [0.1, 0.15) is 5.82 Å². The highest BCUT2D eigenvalue weighted by Crippen LogP contribution is 2.23. The van der Waals surface area contributed by atoms with Crippen molar-refractivity contribution in [3.63, 3.8) is 0 Å². The SMILES string of the molecule is CC(Sc1nnc(Cc2ccccc2)n1C)C(=O)Nc1ccc(Br)cc1. The van der Waals surface area contributed by atoms with E-state index in [1.165, 1.54) is 17.3 Å². The molecule has 0 aliphatic carbocycles. The Morgan fingerprint density at radius 2 is 1.85 bits per heavy atom. The molecule has 0 radical (unpaired) electrons. The van der Waals surface area contributed by atoms with Gasteiger partial charge in [0, 0.05) is 23.6 Å². The first-order valence-corrected chi connectivity index (χ1v) is 9.85. The molecule has 0 aliphatic heterocycles. The maximum Gasteiger partial charge on any atom is 0.237 e. The lowest BCUT2D eigenvalue weighted by Gasteiger charge is -2.12. The minimum atomic E-state index is -0.286. The van der Waals surface area contributed by atoms with Crippen LogP contribution in [0, 0.1) is 0 Å². The molecule has 0 aliphatic rings. The van der Waals surface area contributed by atoms with E-state index in [9.17, 15) is 4.79 Å². The van der Waals surface area contributed by atoms with Crippen molar-refractivity contribution < 1.29 is 4.79 Å². The van der Waals surface area contributed by atoms with Crippen molar-refractivity contribution in [2.45, 2.75) is 23.8 Å². The fourth-order valence-corrected chi connectivity index (χ4v) is 3.47. The Morgan fingerprint density at radius 3 is 2.54 bits per heavy atom. The fourth-order valence-electron chi connectivity index (χ4n) is 2.37. The van der Waals surface area contributed by atoms with Crippen LogP contribution >= 0.6 is 27.7 Å². The molecule has 1 atom stereocenters. The Kier molecular flexibility index (Phi) is 6.11. The second kappa shape index (κ2) is 8.51. The highest BCUT2D eigenvalue weighted by Gasteiger charge is 2.19. The lowest BCUT2D eigenvalue weighted by Crippen LogP contribution is -2.22. The van der Waals surface area contributed by atoms with Crippen LogP contribution < -0.4 is 5.32 Å². The molecule has 1 aromatic heterocycles. The quantitative estimate of drug-likeness (QED) is 0.592. The van der Waals surface area contributed by atoms with Gasteiger partial charge in [0.15, 0.2) is 5.16 Å². The molecule has 1 heterocycles. The van der Waals surface area contributed by atoms with Crippen LogP contribution in [0.3, 0.4) is 0 Å². The van der Waals surface area contributed by atoms with Gasteiger partial charge in [-0.15, -0.1) is 10.2 Å². The number of nitrogens with one attached hydrogen (secondary N) is 1. The number of hydrogen-bond donors (Lipinski definition) is 1. The van der Waals surface area contributed by atoms with Gasteiger partial charge in [0.2, 0.25) is 5.91 Å². The van der Waals surface area contributed by atoms with Crippen LogP contribution in [-0.2, 0) is 18.3 Å². The zero-order chi connectivity index (χ0) is 18.5. The molecule has 5 nitrogen and oxygen atoms in total. The molecule has 1 amide bonds. The largest absolute Gasteiger partial charge is 0.325 e. The second-order valence-corrected chi connectivity index (χ2v) is 8.10. The van der Waals surface area contributed by atoms with E-state index in [-0.39, 0.29) is 11.2 Å². The maximum absolute atomic E-state index is 12.4. The molecule has 0 fully saturated rings. The van der Waals surface area contributed by atoms with Crippen molar-refractivity contribution in [3.8, 4) is 0 Å². The van der Waals surface area contributed by atoms with Gasteiger partial charge in [-0.2, -0.15) is 0 Å². The number of aromatic nitrogens is 3. The van der Waals surface area contributed by atoms with Crippen LogP contribution in [0.15, 0.2) is 64.2 Å². The van der Waals surface area contributed by atoms with Crippen molar-refractivity contribution in [1.29, 1.82) is 0 Å². The van der Waals surface area contributed by atoms with Crippen LogP contribution in [0.1, 0.15) is 18.3 Å².